The molecule has 240 valence electrons. The highest BCUT2D eigenvalue weighted by Gasteiger charge is 2.29. The second-order valence-electron chi connectivity index (χ2n) is 14.7. The standard InChI is InChI=1S/C35H54N2O6/c1-24-19-28(32(40-36(38)42-34(3,4)5)30(21-24)26-15-11-9-12-16-26)23-29-20-25(2)22-31(27-17-13-10-14-18-27)33(29)41-37(39)43-35(6,7)8/h19-22,26-27,36-37H,9-18,23H2,1-8H3. The minimum atomic E-state index is -0.702. The van der Waals surface area contributed by atoms with Crippen molar-refractivity contribution < 1.29 is 30.1 Å². The van der Waals surface area contributed by atoms with Crippen LogP contribution in [0, 0.1) is 24.3 Å². The number of quaternary nitrogens is 2. The molecular weight excluding hydrogens is 544 g/mol. The molecular formula is C35H54N2O6. The summed E-state index contributed by atoms with van der Waals surface area (Å²) in [6.45, 7) is 15.2. The van der Waals surface area contributed by atoms with Crippen LogP contribution < -0.4 is 20.5 Å². The Morgan fingerprint density at radius 1 is 0.605 bits per heavy atom. The van der Waals surface area contributed by atoms with Gasteiger partial charge in [0.2, 0.25) is 11.5 Å². The molecule has 0 heterocycles. The number of aryl methyl sites for hydroxylation is 2. The lowest BCUT2D eigenvalue weighted by atomic mass is 9.80. The molecule has 0 aliphatic heterocycles. The Balaban J connectivity index is 1.81. The lowest BCUT2D eigenvalue weighted by Gasteiger charge is -2.31. The molecule has 0 saturated heterocycles. The van der Waals surface area contributed by atoms with Crippen LogP contribution in [0.5, 0.6) is 11.5 Å². The fourth-order valence-electron chi connectivity index (χ4n) is 6.62. The summed E-state index contributed by atoms with van der Waals surface area (Å²) < 4.78 is 0. The third kappa shape index (κ3) is 9.90. The molecule has 0 bridgehead atoms. The third-order valence-electron chi connectivity index (χ3n) is 8.30. The van der Waals surface area contributed by atoms with E-state index in [1.807, 2.05) is 41.5 Å². The minimum absolute atomic E-state index is 0.317. The van der Waals surface area contributed by atoms with Gasteiger partial charge in [-0.05, 0) is 104 Å². The Morgan fingerprint density at radius 3 is 1.28 bits per heavy atom. The van der Waals surface area contributed by atoms with Crippen LogP contribution in [0.15, 0.2) is 24.3 Å². The minimum Gasteiger partial charge on any atom is -0.556 e. The number of hydrogen-bond acceptors (Lipinski definition) is 6. The molecule has 2 fully saturated rings. The predicted molar refractivity (Wildman–Crippen MR) is 168 cm³/mol. The van der Waals surface area contributed by atoms with Crippen LogP contribution in [0.4, 0.5) is 0 Å². The van der Waals surface area contributed by atoms with Crippen LogP contribution in [0.25, 0.3) is 0 Å². The molecule has 2 N–H and O–H groups in total. The van der Waals surface area contributed by atoms with Gasteiger partial charge in [0.15, 0.2) is 0 Å². The summed E-state index contributed by atoms with van der Waals surface area (Å²) in [7, 11) is 0. The van der Waals surface area contributed by atoms with E-state index in [-0.39, 0.29) is 0 Å². The lowest BCUT2D eigenvalue weighted by Crippen LogP contribution is -3.09. The molecule has 2 aliphatic carbocycles. The largest absolute Gasteiger partial charge is 0.556 e. The van der Waals surface area contributed by atoms with Gasteiger partial charge in [-0.3, -0.25) is 9.68 Å². The van der Waals surface area contributed by atoms with E-state index in [0.29, 0.717) is 29.8 Å². The fourth-order valence-corrected chi connectivity index (χ4v) is 6.62. The maximum atomic E-state index is 13.1. The predicted octanol–water partition coefficient (Wildman–Crippen LogP) is 6.80. The number of nitrogens with one attached hydrogen (secondary N) is 2. The number of benzene rings is 2. The smallest absolute Gasteiger partial charge is 0.202 e. The molecule has 0 radical (unpaired) electrons. The molecule has 2 saturated carbocycles. The Hall–Kier alpha value is -2.20. The molecule has 4 rings (SSSR count). The van der Waals surface area contributed by atoms with Crippen LogP contribution in [-0.4, -0.2) is 11.2 Å². The maximum absolute atomic E-state index is 13.1. The lowest BCUT2D eigenvalue weighted by molar-refractivity contribution is -1.19. The van der Waals surface area contributed by atoms with Gasteiger partial charge in [-0.15, -0.1) is 0 Å². The first kappa shape index (κ1) is 33.7. The van der Waals surface area contributed by atoms with Gasteiger partial charge in [-0.2, -0.15) is 9.68 Å². The topological polar surface area (TPSA) is 91.9 Å². The number of rotatable bonds is 10. The van der Waals surface area contributed by atoms with Crippen molar-refractivity contribution >= 4 is 0 Å². The van der Waals surface area contributed by atoms with E-state index >= 15 is 0 Å². The van der Waals surface area contributed by atoms with Crippen LogP contribution in [0.1, 0.15) is 151 Å². The van der Waals surface area contributed by atoms with E-state index in [9.17, 15) is 10.4 Å². The van der Waals surface area contributed by atoms with Crippen molar-refractivity contribution in [2.75, 3.05) is 0 Å². The molecule has 43 heavy (non-hydrogen) atoms. The zero-order valence-electron chi connectivity index (χ0n) is 27.7. The van der Waals surface area contributed by atoms with Gasteiger partial charge in [0.25, 0.3) is 0 Å². The Morgan fingerprint density at radius 2 is 0.953 bits per heavy atom. The van der Waals surface area contributed by atoms with Crippen LogP contribution in [-0.2, 0) is 16.1 Å². The van der Waals surface area contributed by atoms with Gasteiger partial charge < -0.3 is 10.4 Å². The number of hydrogen-bond donors (Lipinski definition) is 2. The van der Waals surface area contributed by atoms with Crippen molar-refractivity contribution in [3.8, 4) is 11.5 Å². The Kier molecular flexibility index (Phi) is 11.2. The van der Waals surface area contributed by atoms with E-state index in [0.717, 1.165) is 84.7 Å². The van der Waals surface area contributed by atoms with Gasteiger partial charge in [-0.25, -0.2) is 0 Å². The van der Waals surface area contributed by atoms with Crippen LogP contribution >= 0.6 is 0 Å². The monoisotopic (exact) mass is 598 g/mol. The Bertz CT molecular complexity index is 1110. The highest BCUT2D eigenvalue weighted by Crippen LogP contribution is 2.43. The first-order valence-corrected chi connectivity index (χ1v) is 16.3. The third-order valence-corrected chi connectivity index (χ3v) is 8.30. The van der Waals surface area contributed by atoms with Crippen LogP contribution in [0.3, 0.4) is 0 Å². The zero-order chi connectivity index (χ0) is 31.4. The van der Waals surface area contributed by atoms with Crippen molar-refractivity contribution in [2.24, 2.45) is 0 Å². The summed E-state index contributed by atoms with van der Waals surface area (Å²) in [5, 5.41) is 24.8. The van der Waals surface area contributed by atoms with Gasteiger partial charge >= 0.3 is 0 Å². The summed E-state index contributed by atoms with van der Waals surface area (Å²) in [5.74, 6) is 1.79. The van der Waals surface area contributed by atoms with E-state index in [1.165, 1.54) is 12.8 Å². The molecule has 8 nitrogen and oxygen atoms in total. The summed E-state index contributed by atoms with van der Waals surface area (Å²) >= 11 is 0. The van der Waals surface area contributed by atoms with Crippen LogP contribution in [0.2, 0.25) is 0 Å². The van der Waals surface area contributed by atoms with E-state index in [4.69, 9.17) is 19.4 Å². The quantitative estimate of drug-likeness (QED) is 0.292. The molecule has 2 atom stereocenters. The van der Waals surface area contributed by atoms with Crippen molar-refractivity contribution in [3.05, 3.63) is 68.1 Å². The van der Waals surface area contributed by atoms with Gasteiger partial charge in [0.1, 0.15) is 11.2 Å². The highest BCUT2D eigenvalue weighted by molar-refractivity contribution is 5.53. The van der Waals surface area contributed by atoms with E-state index in [1.54, 1.807) is 0 Å². The van der Waals surface area contributed by atoms with Crippen molar-refractivity contribution in [1.82, 2.24) is 0 Å². The molecule has 2 unspecified atom stereocenters. The van der Waals surface area contributed by atoms with Gasteiger partial charge in [0, 0.05) is 28.7 Å². The fraction of sp³-hybridized carbons (Fsp3) is 0.657. The summed E-state index contributed by atoms with van der Waals surface area (Å²) in [5.41, 5.74) is 4.79. The summed E-state index contributed by atoms with van der Waals surface area (Å²) in [6.07, 6.45) is 11.8. The highest BCUT2D eigenvalue weighted by atomic mass is 17.1. The molecule has 8 heteroatoms. The normalized spacial score (nSPS) is 18.8. The molecule has 0 aromatic heterocycles. The van der Waals surface area contributed by atoms with Gasteiger partial charge in [-0.1, -0.05) is 73.9 Å². The second kappa shape index (κ2) is 14.3. The molecule has 2 aromatic carbocycles. The average Bonchev–Trinajstić information content (AvgIpc) is 2.90. The average molecular weight is 599 g/mol. The second-order valence-corrected chi connectivity index (χ2v) is 14.7. The first-order chi connectivity index (χ1) is 20.2. The Labute approximate surface area is 258 Å². The van der Waals surface area contributed by atoms with E-state index in [2.05, 4.69) is 38.1 Å². The molecule has 0 spiro atoms. The zero-order valence-corrected chi connectivity index (χ0v) is 27.7. The molecule has 2 aromatic rings. The van der Waals surface area contributed by atoms with Crippen molar-refractivity contribution in [3.63, 3.8) is 0 Å². The van der Waals surface area contributed by atoms with Gasteiger partial charge in [0.05, 0.1) is 0 Å². The molecule has 2 aliphatic rings. The SMILES string of the molecule is Cc1cc(Cc2cc(C)cc(C3CCCCC3)c2O[NH+]([O-])OC(C)(C)C)c(O[NH+]([O-])OC(C)(C)C)c(C2CCCCC2)c1. The first-order valence-electron chi connectivity index (χ1n) is 16.3. The summed E-state index contributed by atoms with van der Waals surface area (Å²) in [4.78, 5) is 23.4. The van der Waals surface area contributed by atoms with Crippen molar-refractivity contribution in [1.29, 1.82) is 0 Å². The summed E-state index contributed by atoms with van der Waals surface area (Å²) in [6, 6.07) is 8.51. The van der Waals surface area contributed by atoms with E-state index < -0.39 is 22.0 Å². The maximum Gasteiger partial charge on any atom is 0.202 e. The van der Waals surface area contributed by atoms with Crippen molar-refractivity contribution in [2.45, 2.75) is 149 Å². The molecule has 0 amide bonds.